The van der Waals surface area contributed by atoms with E-state index in [9.17, 15) is 4.79 Å². The van der Waals surface area contributed by atoms with E-state index in [-0.39, 0.29) is 11.9 Å². The standard InChI is InChI=1S/C18H29N5O/c1-3-15-10-17(22-13(2)21-15)23-9-5-6-14(12-23)11-20-18(24)16-7-4-8-19-16/h10,14,16,19H,3-9,11-12H2,1-2H3,(H,20,24). The molecule has 1 aromatic heterocycles. The molecule has 0 spiro atoms. The van der Waals surface area contributed by atoms with Crippen LogP contribution in [0.4, 0.5) is 5.82 Å². The molecule has 6 heteroatoms. The summed E-state index contributed by atoms with van der Waals surface area (Å²) < 4.78 is 0. The van der Waals surface area contributed by atoms with E-state index in [4.69, 9.17) is 0 Å². The first kappa shape index (κ1) is 17.1. The lowest BCUT2D eigenvalue weighted by Gasteiger charge is -2.34. The van der Waals surface area contributed by atoms with Crippen LogP contribution in [-0.4, -0.2) is 48.1 Å². The Labute approximate surface area is 144 Å². The highest BCUT2D eigenvalue weighted by atomic mass is 16.2. The average Bonchev–Trinajstić information content (AvgIpc) is 3.14. The second-order valence-corrected chi connectivity index (χ2v) is 6.97. The van der Waals surface area contributed by atoms with Crippen molar-refractivity contribution in [2.24, 2.45) is 5.92 Å². The SMILES string of the molecule is CCc1cc(N2CCCC(CNC(=O)C3CCCN3)C2)nc(C)n1. The van der Waals surface area contributed by atoms with Crippen molar-refractivity contribution >= 4 is 11.7 Å². The van der Waals surface area contributed by atoms with Gasteiger partial charge in [-0.1, -0.05) is 6.92 Å². The van der Waals surface area contributed by atoms with Gasteiger partial charge in [0.1, 0.15) is 11.6 Å². The fraction of sp³-hybridized carbons (Fsp3) is 0.722. The second kappa shape index (κ2) is 7.92. The summed E-state index contributed by atoms with van der Waals surface area (Å²) in [6.07, 6.45) is 5.30. The molecule has 2 aliphatic heterocycles. The van der Waals surface area contributed by atoms with Crippen molar-refractivity contribution in [1.82, 2.24) is 20.6 Å². The number of hydrogen-bond donors (Lipinski definition) is 2. The Morgan fingerprint density at radius 2 is 2.25 bits per heavy atom. The Bertz CT molecular complexity index is 571. The van der Waals surface area contributed by atoms with E-state index >= 15 is 0 Å². The molecule has 2 atom stereocenters. The Morgan fingerprint density at radius 1 is 1.38 bits per heavy atom. The van der Waals surface area contributed by atoms with Crippen LogP contribution in [0.1, 0.15) is 44.1 Å². The van der Waals surface area contributed by atoms with Gasteiger partial charge < -0.3 is 15.5 Å². The zero-order valence-corrected chi connectivity index (χ0v) is 14.8. The van der Waals surface area contributed by atoms with Gasteiger partial charge in [0.05, 0.1) is 6.04 Å². The largest absolute Gasteiger partial charge is 0.356 e. The third-order valence-electron chi connectivity index (χ3n) is 5.02. The summed E-state index contributed by atoms with van der Waals surface area (Å²) in [5.41, 5.74) is 1.10. The van der Waals surface area contributed by atoms with Gasteiger partial charge in [-0.15, -0.1) is 0 Å². The quantitative estimate of drug-likeness (QED) is 0.854. The molecule has 0 aromatic carbocycles. The lowest BCUT2D eigenvalue weighted by Crippen LogP contribution is -2.45. The van der Waals surface area contributed by atoms with Crippen molar-refractivity contribution in [2.75, 3.05) is 31.1 Å². The molecule has 2 N–H and O–H groups in total. The van der Waals surface area contributed by atoms with Gasteiger partial charge in [-0.2, -0.15) is 0 Å². The number of aryl methyl sites for hydroxylation is 2. The van der Waals surface area contributed by atoms with Crippen LogP contribution in [0.15, 0.2) is 6.07 Å². The van der Waals surface area contributed by atoms with Crippen LogP contribution in [0.25, 0.3) is 0 Å². The number of rotatable bonds is 5. The van der Waals surface area contributed by atoms with Gasteiger partial charge >= 0.3 is 0 Å². The number of nitrogens with one attached hydrogen (secondary N) is 2. The molecule has 132 valence electrons. The highest BCUT2D eigenvalue weighted by molar-refractivity contribution is 5.82. The van der Waals surface area contributed by atoms with E-state index in [1.165, 1.54) is 6.42 Å². The van der Waals surface area contributed by atoms with Crippen molar-refractivity contribution < 1.29 is 4.79 Å². The average molecular weight is 331 g/mol. The fourth-order valence-electron chi connectivity index (χ4n) is 3.67. The summed E-state index contributed by atoms with van der Waals surface area (Å²) in [7, 11) is 0. The lowest BCUT2D eigenvalue weighted by molar-refractivity contribution is -0.122. The smallest absolute Gasteiger partial charge is 0.237 e. The maximum Gasteiger partial charge on any atom is 0.237 e. The van der Waals surface area contributed by atoms with Crippen LogP contribution in [-0.2, 0) is 11.2 Å². The van der Waals surface area contributed by atoms with Gasteiger partial charge in [0.2, 0.25) is 5.91 Å². The molecular weight excluding hydrogens is 302 g/mol. The summed E-state index contributed by atoms with van der Waals surface area (Å²) in [4.78, 5) is 23.6. The molecule has 1 aromatic rings. The van der Waals surface area contributed by atoms with Gasteiger partial charge in [-0.25, -0.2) is 9.97 Å². The van der Waals surface area contributed by atoms with E-state index in [0.29, 0.717) is 5.92 Å². The molecule has 0 saturated carbocycles. The number of amides is 1. The first-order valence-corrected chi connectivity index (χ1v) is 9.26. The molecule has 2 unspecified atom stereocenters. The summed E-state index contributed by atoms with van der Waals surface area (Å²) in [5.74, 6) is 2.53. The van der Waals surface area contributed by atoms with Crippen LogP contribution >= 0.6 is 0 Å². The molecule has 0 aliphatic carbocycles. The number of hydrogen-bond acceptors (Lipinski definition) is 5. The lowest BCUT2D eigenvalue weighted by atomic mass is 9.97. The molecule has 2 saturated heterocycles. The highest BCUT2D eigenvalue weighted by Gasteiger charge is 2.25. The minimum atomic E-state index is 0.0151. The van der Waals surface area contributed by atoms with Crippen LogP contribution in [0, 0.1) is 12.8 Å². The Balaban J connectivity index is 1.56. The summed E-state index contributed by atoms with van der Waals surface area (Å²) in [6, 6.07) is 2.12. The molecule has 3 heterocycles. The third-order valence-corrected chi connectivity index (χ3v) is 5.02. The number of aromatic nitrogens is 2. The summed E-state index contributed by atoms with van der Waals surface area (Å²) in [6.45, 7) is 7.79. The number of piperidine rings is 1. The maximum absolute atomic E-state index is 12.2. The summed E-state index contributed by atoms with van der Waals surface area (Å²) in [5, 5.41) is 6.40. The van der Waals surface area contributed by atoms with Crippen molar-refractivity contribution in [1.29, 1.82) is 0 Å². The number of carbonyl (C=O) groups is 1. The Hall–Kier alpha value is -1.69. The number of anilines is 1. The normalized spacial score (nSPS) is 24.2. The molecule has 1 amide bonds. The molecule has 0 radical (unpaired) electrons. The Morgan fingerprint density at radius 3 is 3.00 bits per heavy atom. The predicted octanol–water partition coefficient (Wildman–Crippen LogP) is 1.43. The first-order valence-electron chi connectivity index (χ1n) is 9.26. The first-order chi connectivity index (χ1) is 11.7. The molecule has 2 aliphatic rings. The topological polar surface area (TPSA) is 70.2 Å². The van der Waals surface area contributed by atoms with Crippen molar-refractivity contribution in [2.45, 2.75) is 52.0 Å². The van der Waals surface area contributed by atoms with E-state index in [1.54, 1.807) is 0 Å². The molecule has 6 nitrogen and oxygen atoms in total. The van der Waals surface area contributed by atoms with Gasteiger partial charge in [-0.05, 0) is 51.5 Å². The van der Waals surface area contributed by atoms with E-state index < -0.39 is 0 Å². The van der Waals surface area contributed by atoms with Crippen LogP contribution < -0.4 is 15.5 Å². The zero-order chi connectivity index (χ0) is 16.9. The van der Waals surface area contributed by atoms with Crippen LogP contribution in [0.3, 0.4) is 0 Å². The van der Waals surface area contributed by atoms with Gasteiger partial charge in [0, 0.05) is 31.4 Å². The van der Waals surface area contributed by atoms with Gasteiger partial charge in [0.15, 0.2) is 0 Å². The zero-order valence-electron chi connectivity index (χ0n) is 14.8. The minimum Gasteiger partial charge on any atom is -0.356 e. The van der Waals surface area contributed by atoms with Crippen LogP contribution in [0.5, 0.6) is 0 Å². The monoisotopic (exact) mass is 331 g/mol. The molecule has 0 bridgehead atoms. The molecule has 3 rings (SSSR count). The van der Waals surface area contributed by atoms with E-state index in [2.05, 4.69) is 38.5 Å². The molecule has 24 heavy (non-hydrogen) atoms. The molecular formula is C18H29N5O. The van der Waals surface area contributed by atoms with Crippen molar-refractivity contribution in [3.63, 3.8) is 0 Å². The van der Waals surface area contributed by atoms with E-state index in [0.717, 1.165) is 69.2 Å². The molecule has 2 fully saturated rings. The summed E-state index contributed by atoms with van der Waals surface area (Å²) >= 11 is 0. The number of nitrogens with zero attached hydrogens (tertiary/aromatic N) is 3. The van der Waals surface area contributed by atoms with Gasteiger partial charge in [-0.3, -0.25) is 4.79 Å². The van der Waals surface area contributed by atoms with Crippen molar-refractivity contribution in [3.8, 4) is 0 Å². The maximum atomic E-state index is 12.2. The van der Waals surface area contributed by atoms with E-state index in [1.807, 2.05) is 6.92 Å². The minimum absolute atomic E-state index is 0.0151. The number of carbonyl (C=O) groups excluding carboxylic acids is 1. The highest BCUT2D eigenvalue weighted by Crippen LogP contribution is 2.22. The van der Waals surface area contributed by atoms with Crippen LogP contribution in [0.2, 0.25) is 0 Å². The predicted molar refractivity (Wildman–Crippen MR) is 95.1 cm³/mol. The fourth-order valence-corrected chi connectivity index (χ4v) is 3.67. The third kappa shape index (κ3) is 4.23. The van der Waals surface area contributed by atoms with Crippen molar-refractivity contribution in [3.05, 3.63) is 17.6 Å². The Kier molecular flexibility index (Phi) is 5.66. The van der Waals surface area contributed by atoms with Gasteiger partial charge in [0.25, 0.3) is 0 Å². The second-order valence-electron chi connectivity index (χ2n) is 6.97.